The maximum Gasteiger partial charge on any atom is 0.173 e. The van der Waals surface area contributed by atoms with Crippen LogP contribution in [0.1, 0.15) is 12.0 Å². The van der Waals surface area contributed by atoms with E-state index in [1.54, 1.807) is 18.2 Å². The number of nitrogens with two attached hydrogens (primary N) is 1. The van der Waals surface area contributed by atoms with Gasteiger partial charge in [-0.25, -0.2) is 8.42 Å². The molecular formula is C12H16ClN3O3S. The highest BCUT2D eigenvalue weighted by molar-refractivity contribution is 7.91. The third kappa shape index (κ3) is 3.16. The van der Waals surface area contributed by atoms with E-state index in [1.165, 1.54) is 0 Å². The Balaban J connectivity index is 2.40. The van der Waals surface area contributed by atoms with Gasteiger partial charge in [-0.3, -0.25) is 0 Å². The lowest BCUT2D eigenvalue weighted by molar-refractivity contribution is 0.318. The van der Waals surface area contributed by atoms with Crippen LogP contribution in [0.2, 0.25) is 5.02 Å². The Morgan fingerprint density at radius 1 is 1.35 bits per heavy atom. The summed E-state index contributed by atoms with van der Waals surface area (Å²) in [7, 11) is -2.99. The Morgan fingerprint density at radius 3 is 2.80 bits per heavy atom. The Labute approximate surface area is 122 Å². The summed E-state index contributed by atoms with van der Waals surface area (Å²) >= 11 is 6.10. The smallest absolute Gasteiger partial charge is 0.173 e. The third-order valence-electron chi connectivity index (χ3n) is 3.25. The van der Waals surface area contributed by atoms with Gasteiger partial charge in [-0.2, -0.15) is 0 Å². The number of sulfone groups is 1. The van der Waals surface area contributed by atoms with Gasteiger partial charge in [0.05, 0.1) is 22.1 Å². The number of halogens is 1. The van der Waals surface area contributed by atoms with Crippen LogP contribution in [0.5, 0.6) is 0 Å². The normalized spacial score (nSPS) is 19.6. The van der Waals surface area contributed by atoms with Crippen LogP contribution in [-0.4, -0.2) is 44.1 Å². The lowest BCUT2D eigenvalue weighted by atomic mass is 10.1. The second-order valence-electron chi connectivity index (χ2n) is 4.61. The lowest BCUT2D eigenvalue weighted by Crippen LogP contribution is -2.29. The molecule has 0 atom stereocenters. The van der Waals surface area contributed by atoms with E-state index in [1.807, 2.05) is 4.90 Å². The fourth-order valence-corrected chi connectivity index (χ4v) is 3.80. The van der Waals surface area contributed by atoms with E-state index < -0.39 is 9.84 Å². The Kier molecular flexibility index (Phi) is 4.39. The summed E-state index contributed by atoms with van der Waals surface area (Å²) in [6, 6.07) is 5.19. The molecule has 1 fully saturated rings. The SMILES string of the molecule is N/C(=N/O)c1c(Cl)cccc1N1CCCS(=O)(=O)CC1. The number of rotatable bonds is 2. The molecule has 8 heteroatoms. The molecule has 0 radical (unpaired) electrons. The van der Waals surface area contributed by atoms with Gasteiger partial charge in [-0.15, -0.1) is 0 Å². The van der Waals surface area contributed by atoms with Crippen molar-refractivity contribution in [2.24, 2.45) is 10.9 Å². The Bertz CT molecular complexity index is 631. The molecule has 6 nitrogen and oxygen atoms in total. The predicted molar refractivity (Wildman–Crippen MR) is 79.4 cm³/mol. The Hall–Kier alpha value is -1.47. The van der Waals surface area contributed by atoms with E-state index in [2.05, 4.69) is 5.16 Å². The molecule has 1 aromatic carbocycles. The van der Waals surface area contributed by atoms with E-state index >= 15 is 0 Å². The second kappa shape index (κ2) is 5.88. The molecule has 0 unspecified atom stereocenters. The third-order valence-corrected chi connectivity index (χ3v) is 5.28. The number of benzene rings is 1. The number of hydrogen-bond donors (Lipinski definition) is 2. The van der Waals surface area contributed by atoms with Crippen LogP contribution in [-0.2, 0) is 9.84 Å². The molecule has 0 spiro atoms. The van der Waals surface area contributed by atoms with Gasteiger partial charge in [0.25, 0.3) is 0 Å². The summed E-state index contributed by atoms with van der Waals surface area (Å²) < 4.78 is 23.3. The standard InChI is InChI=1S/C12H16ClN3O3S/c13-9-3-1-4-10(11(9)12(14)15-17)16-5-2-7-20(18,19)8-6-16/h1,3-4,17H,2,5-8H2,(H2,14,15). The average molecular weight is 318 g/mol. The molecule has 0 amide bonds. The molecular weight excluding hydrogens is 302 g/mol. The van der Waals surface area contributed by atoms with Crippen molar-refractivity contribution in [1.29, 1.82) is 0 Å². The molecule has 1 heterocycles. The maximum atomic E-state index is 11.6. The largest absolute Gasteiger partial charge is 0.409 e. The van der Waals surface area contributed by atoms with E-state index in [0.717, 1.165) is 0 Å². The van der Waals surface area contributed by atoms with E-state index in [4.69, 9.17) is 22.5 Å². The monoisotopic (exact) mass is 317 g/mol. The summed E-state index contributed by atoms with van der Waals surface area (Å²) in [5.74, 6) is 0.190. The van der Waals surface area contributed by atoms with Gasteiger partial charge in [-0.1, -0.05) is 22.8 Å². The summed E-state index contributed by atoms with van der Waals surface area (Å²) in [6.45, 7) is 0.958. The quantitative estimate of drug-likeness (QED) is 0.368. The van der Waals surface area contributed by atoms with E-state index in [9.17, 15) is 8.42 Å². The highest BCUT2D eigenvalue weighted by Gasteiger charge is 2.22. The van der Waals surface area contributed by atoms with Crippen molar-refractivity contribution in [2.75, 3.05) is 29.5 Å². The highest BCUT2D eigenvalue weighted by atomic mass is 35.5. The summed E-state index contributed by atoms with van der Waals surface area (Å²) in [5, 5.41) is 12.2. The zero-order valence-electron chi connectivity index (χ0n) is 10.8. The summed E-state index contributed by atoms with van der Waals surface area (Å²) in [4.78, 5) is 1.91. The van der Waals surface area contributed by atoms with Crippen molar-refractivity contribution in [3.63, 3.8) is 0 Å². The zero-order chi connectivity index (χ0) is 14.8. The van der Waals surface area contributed by atoms with Crippen LogP contribution < -0.4 is 10.6 Å². The minimum absolute atomic E-state index is 0.0855. The molecule has 0 aliphatic carbocycles. The van der Waals surface area contributed by atoms with Gasteiger partial charge in [-0.05, 0) is 18.6 Å². The van der Waals surface area contributed by atoms with Crippen LogP contribution in [0.15, 0.2) is 23.4 Å². The minimum atomic E-state index is -2.99. The van der Waals surface area contributed by atoms with Crippen molar-refractivity contribution in [3.05, 3.63) is 28.8 Å². The first-order valence-electron chi connectivity index (χ1n) is 6.16. The van der Waals surface area contributed by atoms with Crippen LogP contribution in [0.3, 0.4) is 0 Å². The van der Waals surface area contributed by atoms with Crippen LogP contribution in [0.4, 0.5) is 5.69 Å². The molecule has 110 valence electrons. The van der Waals surface area contributed by atoms with Crippen LogP contribution in [0, 0.1) is 0 Å². The predicted octanol–water partition coefficient (Wildman–Crippen LogP) is 1.06. The van der Waals surface area contributed by atoms with Gasteiger partial charge in [0.2, 0.25) is 0 Å². The topological polar surface area (TPSA) is 96.0 Å². The fourth-order valence-electron chi connectivity index (χ4n) is 2.26. The number of hydrogen-bond acceptors (Lipinski definition) is 5. The lowest BCUT2D eigenvalue weighted by Gasteiger charge is -2.25. The molecule has 1 aromatic rings. The van der Waals surface area contributed by atoms with E-state index in [-0.39, 0.29) is 17.3 Å². The molecule has 3 N–H and O–H groups in total. The van der Waals surface area contributed by atoms with Crippen molar-refractivity contribution >= 4 is 33.0 Å². The van der Waals surface area contributed by atoms with E-state index in [0.29, 0.717) is 35.8 Å². The Morgan fingerprint density at radius 2 is 2.10 bits per heavy atom. The van der Waals surface area contributed by atoms with Gasteiger partial charge >= 0.3 is 0 Å². The summed E-state index contributed by atoms with van der Waals surface area (Å²) in [5.41, 5.74) is 6.78. The van der Waals surface area contributed by atoms with Gasteiger partial charge in [0.15, 0.2) is 15.7 Å². The zero-order valence-corrected chi connectivity index (χ0v) is 12.4. The molecule has 20 heavy (non-hydrogen) atoms. The number of nitrogens with zero attached hydrogens (tertiary/aromatic N) is 2. The molecule has 1 aliphatic rings. The summed E-state index contributed by atoms with van der Waals surface area (Å²) in [6.07, 6.45) is 0.546. The molecule has 1 saturated heterocycles. The number of amidine groups is 1. The van der Waals surface area contributed by atoms with Crippen LogP contribution >= 0.6 is 11.6 Å². The van der Waals surface area contributed by atoms with Crippen molar-refractivity contribution in [2.45, 2.75) is 6.42 Å². The number of oxime groups is 1. The van der Waals surface area contributed by atoms with Gasteiger partial charge in [0.1, 0.15) is 0 Å². The molecule has 1 aliphatic heterocycles. The molecule has 0 aromatic heterocycles. The number of anilines is 1. The molecule has 2 rings (SSSR count). The van der Waals surface area contributed by atoms with Gasteiger partial charge < -0.3 is 15.8 Å². The first-order chi connectivity index (χ1) is 9.44. The first-order valence-corrected chi connectivity index (χ1v) is 8.36. The highest BCUT2D eigenvalue weighted by Crippen LogP contribution is 2.28. The average Bonchev–Trinajstić information content (AvgIpc) is 2.58. The van der Waals surface area contributed by atoms with Gasteiger partial charge in [0, 0.05) is 18.8 Å². The van der Waals surface area contributed by atoms with Crippen molar-refractivity contribution in [3.8, 4) is 0 Å². The van der Waals surface area contributed by atoms with Crippen LogP contribution in [0.25, 0.3) is 0 Å². The first kappa shape index (κ1) is 14.9. The minimum Gasteiger partial charge on any atom is -0.409 e. The molecule has 0 bridgehead atoms. The fraction of sp³-hybridized carbons (Fsp3) is 0.417. The second-order valence-corrected chi connectivity index (χ2v) is 7.32. The maximum absolute atomic E-state index is 11.6. The van der Waals surface area contributed by atoms with Crippen molar-refractivity contribution in [1.82, 2.24) is 0 Å². The van der Waals surface area contributed by atoms with Crippen molar-refractivity contribution < 1.29 is 13.6 Å². The molecule has 0 saturated carbocycles.